The van der Waals surface area contributed by atoms with Crippen molar-refractivity contribution in [3.05, 3.63) is 35.9 Å². The quantitative estimate of drug-likeness (QED) is 0.851. The molecule has 120 valence electrons. The van der Waals surface area contributed by atoms with Gasteiger partial charge in [-0.3, -0.25) is 13.2 Å². The molecule has 5 heteroatoms. The Morgan fingerprint density at radius 2 is 1.64 bits per heavy atom. The van der Waals surface area contributed by atoms with E-state index in [0.717, 1.165) is 31.2 Å². The van der Waals surface area contributed by atoms with Crippen LogP contribution in [-0.2, 0) is 26.4 Å². The Morgan fingerprint density at radius 3 is 2.27 bits per heavy atom. The summed E-state index contributed by atoms with van der Waals surface area (Å²) in [6.07, 6.45) is 4.19. The summed E-state index contributed by atoms with van der Waals surface area (Å²) < 4.78 is 24.8. The van der Waals surface area contributed by atoms with E-state index >= 15 is 0 Å². The predicted molar refractivity (Wildman–Crippen MR) is 90.6 cm³/mol. The molecule has 3 nitrogen and oxygen atoms in total. The van der Waals surface area contributed by atoms with Gasteiger partial charge in [-0.2, -0.15) is 0 Å². The van der Waals surface area contributed by atoms with E-state index in [1.165, 1.54) is 0 Å². The average Bonchev–Trinajstić information content (AvgIpc) is 2.53. The topological polar surface area (TPSA) is 51.2 Å². The van der Waals surface area contributed by atoms with Gasteiger partial charge in [-0.25, -0.2) is 0 Å². The van der Waals surface area contributed by atoms with Crippen molar-refractivity contribution in [3.8, 4) is 0 Å². The molecule has 1 aromatic rings. The van der Waals surface area contributed by atoms with Crippen LogP contribution in [0.25, 0.3) is 0 Å². The molecule has 1 saturated heterocycles. The van der Waals surface area contributed by atoms with E-state index in [9.17, 15) is 13.2 Å². The van der Waals surface area contributed by atoms with Gasteiger partial charge in [0.25, 0.3) is 0 Å². The molecule has 1 saturated carbocycles. The van der Waals surface area contributed by atoms with Crippen LogP contribution in [-0.4, -0.2) is 30.3 Å². The highest BCUT2D eigenvalue weighted by Gasteiger charge is 2.43. The highest BCUT2D eigenvalue weighted by molar-refractivity contribution is 8.03. The standard InChI is InChI=1S/C17H22O3S2/c18-15-10-5-4-9-14(15)16(13-7-2-1-3-8-13)17-21(19)11-6-12-22(17)20/h1-3,7-8,14,16-17H,4-6,9-12H2/t14-,16+,17?,21?,22?/m1/s1. The molecule has 0 bridgehead atoms. The third-order valence-corrected chi connectivity index (χ3v) is 9.02. The molecule has 22 heavy (non-hydrogen) atoms. The minimum Gasteiger partial charge on any atom is -0.299 e. The van der Waals surface area contributed by atoms with E-state index in [4.69, 9.17) is 0 Å². The maximum Gasteiger partial charge on any atom is 0.136 e. The van der Waals surface area contributed by atoms with Gasteiger partial charge in [0, 0.05) is 51.4 Å². The van der Waals surface area contributed by atoms with Crippen molar-refractivity contribution in [1.82, 2.24) is 0 Å². The lowest BCUT2D eigenvalue weighted by molar-refractivity contribution is -0.125. The summed E-state index contributed by atoms with van der Waals surface area (Å²) in [5.74, 6) is 1.21. The Balaban J connectivity index is 2.00. The summed E-state index contributed by atoms with van der Waals surface area (Å²) in [4.78, 5) is 12.5. The second kappa shape index (κ2) is 7.18. The maximum absolute atomic E-state index is 12.6. The molecule has 0 aromatic heterocycles. The zero-order valence-corrected chi connectivity index (χ0v) is 14.2. The minimum absolute atomic E-state index is 0.118. The van der Waals surface area contributed by atoms with Gasteiger partial charge in [0.1, 0.15) is 10.4 Å². The number of carbonyl (C=O) groups excluding carboxylic acids is 1. The Kier molecular flexibility index (Phi) is 5.24. The Bertz CT molecular complexity index is 569. The van der Waals surface area contributed by atoms with Crippen molar-refractivity contribution < 1.29 is 13.2 Å². The van der Waals surface area contributed by atoms with Gasteiger partial charge in [-0.15, -0.1) is 0 Å². The molecule has 3 rings (SSSR count). The van der Waals surface area contributed by atoms with Crippen molar-refractivity contribution >= 4 is 27.4 Å². The van der Waals surface area contributed by atoms with Crippen LogP contribution in [0.1, 0.15) is 43.6 Å². The monoisotopic (exact) mass is 338 g/mol. The van der Waals surface area contributed by atoms with Crippen molar-refractivity contribution in [3.63, 3.8) is 0 Å². The molecule has 2 fully saturated rings. The number of rotatable bonds is 3. The first-order valence-electron chi connectivity index (χ1n) is 8.00. The minimum atomic E-state index is -1.11. The van der Waals surface area contributed by atoms with Crippen LogP contribution < -0.4 is 0 Å². The summed E-state index contributed by atoms with van der Waals surface area (Å²) in [6, 6.07) is 9.83. The van der Waals surface area contributed by atoms with E-state index in [-0.39, 0.29) is 22.2 Å². The third kappa shape index (κ3) is 3.25. The van der Waals surface area contributed by atoms with Gasteiger partial charge in [0.15, 0.2) is 0 Å². The first-order chi connectivity index (χ1) is 10.7. The first-order valence-corrected chi connectivity index (χ1v) is 10.8. The fourth-order valence-corrected chi connectivity index (χ4v) is 8.05. The number of benzene rings is 1. The molecule has 2 aliphatic rings. The molecule has 1 aromatic carbocycles. The van der Waals surface area contributed by atoms with E-state index < -0.39 is 21.6 Å². The molecule has 0 N–H and O–H groups in total. The van der Waals surface area contributed by atoms with Crippen molar-refractivity contribution in [2.24, 2.45) is 5.92 Å². The van der Waals surface area contributed by atoms with Crippen molar-refractivity contribution in [2.75, 3.05) is 11.5 Å². The number of hydrogen-bond acceptors (Lipinski definition) is 3. The fourth-order valence-electron chi connectivity index (χ4n) is 3.67. The van der Waals surface area contributed by atoms with Gasteiger partial charge in [-0.1, -0.05) is 36.8 Å². The highest BCUT2D eigenvalue weighted by Crippen LogP contribution is 2.40. The van der Waals surface area contributed by atoms with Crippen LogP contribution in [0.15, 0.2) is 30.3 Å². The van der Waals surface area contributed by atoms with Gasteiger partial charge >= 0.3 is 0 Å². The first kappa shape index (κ1) is 16.1. The highest BCUT2D eigenvalue weighted by atomic mass is 32.2. The molecule has 2 unspecified atom stereocenters. The van der Waals surface area contributed by atoms with Crippen LogP contribution in [0.4, 0.5) is 0 Å². The fraction of sp³-hybridized carbons (Fsp3) is 0.588. The zero-order valence-electron chi connectivity index (χ0n) is 12.6. The predicted octanol–water partition coefficient (Wildman–Crippen LogP) is 2.76. The van der Waals surface area contributed by atoms with E-state index in [1.54, 1.807) is 0 Å². The Morgan fingerprint density at radius 1 is 0.955 bits per heavy atom. The average molecular weight is 338 g/mol. The molecule has 1 heterocycles. The summed E-state index contributed by atoms with van der Waals surface area (Å²) in [5, 5.41) is 0. The molecular formula is C17H22O3S2. The molecule has 0 spiro atoms. The van der Waals surface area contributed by atoms with Gasteiger partial charge in [0.2, 0.25) is 0 Å². The number of Topliss-reactive ketones (excluding diaryl/α,β-unsaturated/α-hetero) is 1. The van der Waals surface area contributed by atoms with Crippen LogP contribution in [0.2, 0.25) is 0 Å². The Hall–Kier alpha value is -0.810. The SMILES string of the molecule is O=C1CCCC[C@H]1[C@H](c1ccccc1)C1S(=O)CCCS1=O. The lowest BCUT2D eigenvalue weighted by atomic mass is 9.76. The van der Waals surface area contributed by atoms with Gasteiger partial charge in [-0.05, 0) is 24.8 Å². The second-order valence-corrected chi connectivity index (χ2v) is 9.80. The van der Waals surface area contributed by atoms with Crippen molar-refractivity contribution in [1.29, 1.82) is 0 Å². The lowest BCUT2D eigenvalue weighted by Crippen LogP contribution is -2.41. The van der Waals surface area contributed by atoms with Gasteiger partial charge < -0.3 is 0 Å². The Labute approximate surface area is 136 Å². The van der Waals surface area contributed by atoms with Crippen LogP contribution in [0, 0.1) is 5.92 Å². The number of carbonyl (C=O) groups is 1. The van der Waals surface area contributed by atoms with Gasteiger partial charge in [0.05, 0.1) is 0 Å². The number of hydrogen-bond donors (Lipinski definition) is 0. The molecule has 1 aliphatic carbocycles. The summed E-state index contributed by atoms with van der Waals surface area (Å²) in [5.41, 5.74) is 1.02. The molecule has 0 radical (unpaired) electrons. The summed E-state index contributed by atoms with van der Waals surface area (Å²) in [7, 11) is -2.22. The molecule has 4 atom stereocenters. The third-order valence-electron chi connectivity index (χ3n) is 4.72. The number of ketones is 1. The molecule has 1 aliphatic heterocycles. The van der Waals surface area contributed by atoms with E-state index in [1.807, 2.05) is 30.3 Å². The molecule has 0 amide bonds. The lowest BCUT2D eigenvalue weighted by Gasteiger charge is -2.36. The smallest absolute Gasteiger partial charge is 0.136 e. The summed E-state index contributed by atoms with van der Waals surface area (Å²) in [6.45, 7) is 0. The maximum atomic E-state index is 12.6. The normalized spacial score (nSPS) is 34.3. The van der Waals surface area contributed by atoms with Crippen LogP contribution in [0.3, 0.4) is 0 Å². The summed E-state index contributed by atoms with van der Waals surface area (Å²) >= 11 is 0. The zero-order chi connectivity index (χ0) is 15.5. The molecular weight excluding hydrogens is 316 g/mol. The largest absolute Gasteiger partial charge is 0.299 e. The van der Waals surface area contributed by atoms with E-state index in [0.29, 0.717) is 17.9 Å². The van der Waals surface area contributed by atoms with E-state index in [2.05, 4.69) is 0 Å². The van der Waals surface area contributed by atoms with Crippen molar-refractivity contribution in [2.45, 2.75) is 42.6 Å². The second-order valence-electron chi connectivity index (χ2n) is 6.15. The van der Waals surface area contributed by atoms with Crippen LogP contribution >= 0.6 is 0 Å². The van der Waals surface area contributed by atoms with Crippen LogP contribution in [0.5, 0.6) is 0 Å².